The molecule has 0 aliphatic rings. The van der Waals surface area contributed by atoms with Crippen molar-refractivity contribution in [3.63, 3.8) is 0 Å². The second kappa shape index (κ2) is 8.54. The van der Waals surface area contributed by atoms with Gasteiger partial charge in [0.05, 0.1) is 16.1 Å². The van der Waals surface area contributed by atoms with Gasteiger partial charge in [-0.3, -0.25) is 4.79 Å². The first-order chi connectivity index (χ1) is 14.5. The molecule has 0 radical (unpaired) electrons. The van der Waals surface area contributed by atoms with E-state index in [-0.39, 0.29) is 5.91 Å². The summed E-state index contributed by atoms with van der Waals surface area (Å²) >= 11 is 4.99. The molecule has 30 heavy (non-hydrogen) atoms. The first-order valence-corrected chi connectivity index (χ1v) is 11.2. The van der Waals surface area contributed by atoms with Crippen LogP contribution in [0.3, 0.4) is 0 Å². The van der Waals surface area contributed by atoms with E-state index in [1.807, 2.05) is 48.0 Å². The molecular weight excluding hydrogens is 456 g/mol. The van der Waals surface area contributed by atoms with Crippen LogP contribution in [0, 0.1) is 13.8 Å². The minimum absolute atomic E-state index is 0.259. The maximum Gasteiger partial charge on any atom is 0.280 e. The molecule has 1 heterocycles. The normalized spacial score (nSPS) is 11.7. The Hall–Kier alpha value is -2.76. The number of hydrogen-bond donors (Lipinski definition) is 0. The molecule has 1 aromatic heterocycles. The van der Waals surface area contributed by atoms with Crippen LogP contribution in [-0.2, 0) is 7.05 Å². The smallest absolute Gasteiger partial charge is 0.280 e. The molecule has 0 saturated carbocycles. The van der Waals surface area contributed by atoms with Crippen LogP contribution < -0.4 is 4.80 Å². The maximum atomic E-state index is 12.9. The zero-order valence-electron chi connectivity index (χ0n) is 17.0. The lowest BCUT2D eigenvalue weighted by atomic mass is 10.0. The quantitative estimate of drug-likeness (QED) is 0.330. The second-order valence-corrected chi connectivity index (χ2v) is 9.02. The van der Waals surface area contributed by atoms with E-state index in [1.54, 1.807) is 6.07 Å². The Kier molecular flexibility index (Phi) is 5.84. The Labute approximate surface area is 188 Å². The highest BCUT2D eigenvalue weighted by Gasteiger charge is 2.17. The highest BCUT2D eigenvalue weighted by molar-refractivity contribution is 9.10. The van der Waals surface area contributed by atoms with Crippen LogP contribution in [0.5, 0.6) is 0 Å². The third-order valence-electron chi connectivity index (χ3n) is 5.15. The van der Waals surface area contributed by atoms with Crippen molar-refractivity contribution in [1.29, 1.82) is 0 Å². The summed E-state index contributed by atoms with van der Waals surface area (Å²) in [6.07, 6.45) is 0. The molecule has 5 heteroatoms. The van der Waals surface area contributed by atoms with Crippen LogP contribution in [0.15, 0.2) is 82.3 Å². The number of carbonyl (C=O) groups is 1. The van der Waals surface area contributed by atoms with E-state index in [1.165, 1.54) is 22.5 Å². The van der Waals surface area contributed by atoms with Crippen molar-refractivity contribution >= 4 is 33.2 Å². The summed E-state index contributed by atoms with van der Waals surface area (Å²) in [6, 6.07) is 24.1. The predicted octanol–water partition coefficient (Wildman–Crippen LogP) is 6.54. The van der Waals surface area contributed by atoms with Gasteiger partial charge in [0, 0.05) is 11.5 Å². The Balaban J connectivity index is 1.94. The number of halogens is 1. The van der Waals surface area contributed by atoms with Crippen molar-refractivity contribution in [3.05, 3.63) is 98.8 Å². The number of amides is 1. The molecule has 4 aromatic rings. The van der Waals surface area contributed by atoms with Gasteiger partial charge in [-0.2, -0.15) is 4.99 Å². The molecule has 0 saturated heterocycles. The number of thiazole rings is 1. The molecule has 3 aromatic carbocycles. The van der Waals surface area contributed by atoms with Gasteiger partial charge in [-0.05, 0) is 70.2 Å². The highest BCUT2D eigenvalue weighted by Crippen LogP contribution is 2.35. The molecular formula is C25H21BrN2OS. The number of aryl methyl sites for hydroxylation is 2. The predicted molar refractivity (Wildman–Crippen MR) is 128 cm³/mol. The van der Waals surface area contributed by atoms with Crippen LogP contribution in [0.2, 0.25) is 0 Å². The lowest BCUT2D eigenvalue weighted by Gasteiger charge is -2.09. The van der Waals surface area contributed by atoms with Crippen LogP contribution >= 0.6 is 27.3 Å². The first-order valence-electron chi connectivity index (χ1n) is 9.62. The zero-order chi connectivity index (χ0) is 21.3. The molecule has 3 nitrogen and oxygen atoms in total. The lowest BCUT2D eigenvalue weighted by Crippen LogP contribution is -2.14. The van der Waals surface area contributed by atoms with Crippen molar-refractivity contribution in [2.75, 3.05) is 0 Å². The van der Waals surface area contributed by atoms with Gasteiger partial charge >= 0.3 is 0 Å². The van der Waals surface area contributed by atoms with Gasteiger partial charge in [-0.25, -0.2) is 0 Å². The molecule has 0 N–H and O–H groups in total. The molecule has 0 spiro atoms. The Morgan fingerprint density at radius 3 is 2.30 bits per heavy atom. The molecule has 0 fully saturated rings. The number of carbonyl (C=O) groups excluding carboxylic acids is 1. The van der Waals surface area contributed by atoms with Crippen molar-refractivity contribution in [2.24, 2.45) is 12.0 Å². The van der Waals surface area contributed by atoms with Gasteiger partial charge in [0.2, 0.25) is 0 Å². The van der Waals surface area contributed by atoms with Gasteiger partial charge in [-0.1, -0.05) is 65.9 Å². The van der Waals surface area contributed by atoms with E-state index in [4.69, 9.17) is 0 Å². The van der Waals surface area contributed by atoms with Crippen molar-refractivity contribution in [1.82, 2.24) is 4.57 Å². The summed E-state index contributed by atoms with van der Waals surface area (Å²) in [5.74, 6) is -0.259. The van der Waals surface area contributed by atoms with E-state index < -0.39 is 0 Å². The van der Waals surface area contributed by atoms with Gasteiger partial charge in [0.1, 0.15) is 0 Å². The van der Waals surface area contributed by atoms with Crippen LogP contribution in [0.4, 0.5) is 0 Å². The summed E-state index contributed by atoms with van der Waals surface area (Å²) in [7, 11) is 1.97. The first kappa shape index (κ1) is 20.5. The van der Waals surface area contributed by atoms with Crippen LogP contribution in [0.25, 0.3) is 21.7 Å². The molecule has 0 bridgehead atoms. The van der Waals surface area contributed by atoms with E-state index in [2.05, 4.69) is 65.1 Å². The standard InChI is InChI=1S/C25H21BrN2OS/c1-16-13-14-19(15-17(16)2)22-23(18-9-5-4-6-10-18)30-25(28(22)3)27-24(29)20-11-7-8-12-21(20)26/h4-15H,1-3H3. The van der Waals surface area contributed by atoms with Gasteiger partial charge in [0.15, 0.2) is 4.80 Å². The summed E-state index contributed by atoms with van der Waals surface area (Å²) in [5, 5.41) is 0. The monoisotopic (exact) mass is 476 g/mol. The minimum atomic E-state index is -0.259. The van der Waals surface area contributed by atoms with E-state index in [0.29, 0.717) is 10.4 Å². The third kappa shape index (κ3) is 3.95. The molecule has 0 atom stereocenters. The molecule has 0 aliphatic heterocycles. The SMILES string of the molecule is Cc1ccc(-c2c(-c3ccccc3)sc(=NC(=O)c3ccccc3Br)n2C)cc1C. The highest BCUT2D eigenvalue weighted by atomic mass is 79.9. The molecule has 4 rings (SSSR count). The molecule has 0 unspecified atom stereocenters. The summed E-state index contributed by atoms with van der Waals surface area (Å²) in [6.45, 7) is 4.23. The lowest BCUT2D eigenvalue weighted by molar-refractivity contribution is 0.0997. The van der Waals surface area contributed by atoms with E-state index in [0.717, 1.165) is 26.2 Å². The number of nitrogens with zero attached hydrogens (tertiary/aromatic N) is 2. The van der Waals surface area contributed by atoms with Crippen LogP contribution in [-0.4, -0.2) is 10.5 Å². The zero-order valence-corrected chi connectivity index (χ0v) is 19.4. The number of hydrogen-bond acceptors (Lipinski definition) is 2. The summed E-state index contributed by atoms with van der Waals surface area (Å²) in [4.78, 5) is 19.1. The van der Waals surface area contributed by atoms with Gasteiger partial charge < -0.3 is 4.57 Å². The summed E-state index contributed by atoms with van der Waals surface area (Å²) in [5.41, 5.74) is 6.34. The second-order valence-electron chi connectivity index (χ2n) is 7.18. The Morgan fingerprint density at radius 1 is 0.900 bits per heavy atom. The van der Waals surface area contributed by atoms with Crippen molar-refractivity contribution < 1.29 is 4.79 Å². The number of rotatable bonds is 3. The molecule has 150 valence electrons. The van der Waals surface area contributed by atoms with Crippen LogP contribution in [0.1, 0.15) is 21.5 Å². The fourth-order valence-electron chi connectivity index (χ4n) is 3.33. The van der Waals surface area contributed by atoms with Crippen molar-refractivity contribution in [3.8, 4) is 21.7 Å². The minimum Gasteiger partial charge on any atom is -0.319 e. The average molecular weight is 477 g/mol. The number of benzene rings is 3. The Morgan fingerprint density at radius 2 is 1.60 bits per heavy atom. The largest absolute Gasteiger partial charge is 0.319 e. The van der Waals surface area contributed by atoms with Gasteiger partial charge in [-0.15, -0.1) is 0 Å². The average Bonchev–Trinajstić information content (AvgIpc) is 3.07. The van der Waals surface area contributed by atoms with Gasteiger partial charge in [0.25, 0.3) is 5.91 Å². The fourth-order valence-corrected chi connectivity index (χ4v) is 4.93. The maximum absolute atomic E-state index is 12.9. The summed E-state index contributed by atoms with van der Waals surface area (Å²) < 4.78 is 2.77. The Bertz CT molecular complexity index is 1300. The molecule has 0 aliphatic carbocycles. The van der Waals surface area contributed by atoms with E-state index >= 15 is 0 Å². The van der Waals surface area contributed by atoms with Crippen molar-refractivity contribution in [2.45, 2.75) is 13.8 Å². The topological polar surface area (TPSA) is 34.4 Å². The number of aromatic nitrogens is 1. The third-order valence-corrected chi connectivity index (χ3v) is 7.02. The van der Waals surface area contributed by atoms with E-state index in [9.17, 15) is 4.79 Å². The molecule has 1 amide bonds. The fraction of sp³-hybridized carbons (Fsp3) is 0.120.